The quantitative estimate of drug-likeness (QED) is 0.547. The third-order valence-electron chi connectivity index (χ3n) is 5.19. The summed E-state index contributed by atoms with van der Waals surface area (Å²) in [5.41, 5.74) is 2.35. The first-order chi connectivity index (χ1) is 13.6. The minimum Gasteiger partial charge on any atom is -0.367 e. The van der Waals surface area contributed by atoms with E-state index in [2.05, 4.69) is 27.1 Å². The molecule has 1 aliphatic heterocycles. The Kier molecular flexibility index (Phi) is 3.87. The van der Waals surface area contributed by atoms with E-state index in [-0.39, 0.29) is 0 Å². The molecule has 3 aromatic heterocycles. The lowest BCUT2D eigenvalue weighted by Gasteiger charge is -2.40. The first kappa shape index (κ1) is 16.9. The molecule has 4 heterocycles. The van der Waals surface area contributed by atoms with Crippen LogP contribution in [-0.2, 0) is 17.4 Å². The third-order valence-corrected chi connectivity index (χ3v) is 5.19. The minimum absolute atomic E-state index is 0.432. The van der Waals surface area contributed by atoms with Crippen molar-refractivity contribution in [1.82, 2.24) is 29.6 Å². The Morgan fingerprint density at radius 3 is 2.71 bits per heavy atom. The number of nitrogens with zero attached hydrogens (tertiary/aromatic N) is 7. The second kappa shape index (κ2) is 6.42. The lowest BCUT2D eigenvalue weighted by atomic mass is 9.97. The predicted octanol–water partition coefficient (Wildman–Crippen LogP) is 2.28. The highest BCUT2D eigenvalue weighted by molar-refractivity contribution is 5.59. The molecule has 5 rings (SSSR count). The average Bonchev–Trinajstić information content (AvgIpc) is 3.35. The monoisotopic (exact) mass is 375 g/mol. The fraction of sp³-hybridized carbons (Fsp3) is 0.300. The van der Waals surface area contributed by atoms with Crippen LogP contribution in [0.4, 0.5) is 5.82 Å². The summed E-state index contributed by atoms with van der Waals surface area (Å²) >= 11 is 0. The van der Waals surface area contributed by atoms with E-state index in [0.717, 1.165) is 35.0 Å². The van der Waals surface area contributed by atoms with Gasteiger partial charge in [-0.05, 0) is 19.1 Å². The van der Waals surface area contributed by atoms with Crippen LogP contribution in [0.1, 0.15) is 12.5 Å². The zero-order chi connectivity index (χ0) is 19.1. The van der Waals surface area contributed by atoms with Gasteiger partial charge in [0.25, 0.3) is 0 Å². The Hall–Kier alpha value is -3.26. The Morgan fingerprint density at radius 1 is 1.07 bits per heavy atom. The van der Waals surface area contributed by atoms with Gasteiger partial charge in [0.1, 0.15) is 11.4 Å². The van der Waals surface area contributed by atoms with Gasteiger partial charge in [0.15, 0.2) is 11.5 Å². The van der Waals surface area contributed by atoms with Crippen LogP contribution >= 0.6 is 0 Å². The van der Waals surface area contributed by atoms with Crippen LogP contribution in [0, 0.1) is 0 Å². The molecule has 0 saturated carbocycles. The lowest BCUT2D eigenvalue weighted by molar-refractivity contribution is -0.0468. The van der Waals surface area contributed by atoms with Gasteiger partial charge in [-0.15, -0.1) is 15.3 Å². The number of aromatic nitrogens is 6. The number of rotatable bonds is 3. The van der Waals surface area contributed by atoms with Crippen LogP contribution in [0.3, 0.4) is 0 Å². The SMILES string of the molecule is Cn1cc(C2(C)CN(c3ccc4nnc(-c5ccccc5)n4n3)CCO2)cn1. The molecule has 1 aliphatic rings. The number of fused-ring (bicyclic) bond motifs is 1. The highest BCUT2D eigenvalue weighted by atomic mass is 16.5. The molecule has 0 spiro atoms. The molecule has 4 aromatic rings. The van der Waals surface area contributed by atoms with Crippen molar-refractivity contribution in [2.45, 2.75) is 12.5 Å². The van der Waals surface area contributed by atoms with E-state index in [0.29, 0.717) is 13.2 Å². The summed E-state index contributed by atoms with van der Waals surface area (Å²) in [6.45, 7) is 4.19. The Balaban J connectivity index is 1.50. The molecule has 1 fully saturated rings. The van der Waals surface area contributed by atoms with E-state index in [1.165, 1.54) is 0 Å². The average molecular weight is 375 g/mol. The lowest BCUT2D eigenvalue weighted by Crippen LogP contribution is -2.48. The molecule has 0 radical (unpaired) electrons. The number of hydrogen-bond donors (Lipinski definition) is 0. The summed E-state index contributed by atoms with van der Waals surface area (Å²) in [4.78, 5) is 2.24. The molecule has 1 unspecified atom stereocenters. The Morgan fingerprint density at radius 2 is 1.93 bits per heavy atom. The van der Waals surface area contributed by atoms with Crippen molar-refractivity contribution in [2.75, 3.05) is 24.6 Å². The number of aryl methyl sites for hydroxylation is 1. The first-order valence-corrected chi connectivity index (χ1v) is 9.28. The molecule has 0 aliphatic carbocycles. The maximum atomic E-state index is 6.13. The van der Waals surface area contributed by atoms with Crippen molar-refractivity contribution in [2.24, 2.45) is 7.05 Å². The normalized spacial score (nSPS) is 20.0. The molecule has 142 valence electrons. The standard InChI is InChI=1S/C20H21N7O/c1-20(16-12-21-25(2)13-16)14-26(10-11-28-20)18-9-8-17-22-23-19(27(17)24-18)15-6-4-3-5-7-15/h3-9,12-13H,10-11,14H2,1-2H3. The summed E-state index contributed by atoms with van der Waals surface area (Å²) in [7, 11) is 1.92. The Bertz CT molecular complexity index is 1120. The smallest absolute Gasteiger partial charge is 0.185 e. The van der Waals surface area contributed by atoms with Crippen molar-refractivity contribution < 1.29 is 4.74 Å². The summed E-state index contributed by atoms with van der Waals surface area (Å²) in [5, 5.41) is 17.7. The number of morpholine rings is 1. The van der Waals surface area contributed by atoms with Gasteiger partial charge in [-0.3, -0.25) is 4.68 Å². The maximum absolute atomic E-state index is 6.13. The topological polar surface area (TPSA) is 73.4 Å². The molecule has 0 bridgehead atoms. The number of benzene rings is 1. The summed E-state index contributed by atoms with van der Waals surface area (Å²) < 4.78 is 9.74. The molecule has 1 atom stereocenters. The number of hydrogen-bond acceptors (Lipinski definition) is 6. The van der Waals surface area contributed by atoms with Gasteiger partial charge in [-0.25, -0.2) is 0 Å². The molecule has 8 heteroatoms. The van der Waals surface area contributed by atoms with E-state index in [1.54, 1.807) is 4.68 Å². The maximum Gasteiger partial charge on any atom is 0.185 e. The van der Waals surface area contributed by atoms with Crippen molar-refractivity contribution in [3.8, 4) is 11.4 Å². The fourth-order valence-corrected chi connectivity index (χ4v) is 3.65. The zero-order valence-electron chi connectivity index (χ0n) is 15.9. The van der Waals surface area contributed by atoms with Crippen molar-refractivity contribution >= 4 is 11.5 Å². The van der Waals surface area contributed by atoms with Gasteiger partial charge in [0.2, 0.25) is 0 Å². The van der Waals surface area contributed by atoms with E-state index >= 15 is 0 Å². The summed E-state index contributed by atoms with van der Waals surface area (Å²) in [5.74, 6) is 1.61. The van der Waals surface area contributed by atoms with E-state index in [9.17, 15) is 0 Å². The molecule has 0 N–H and O–H groups in total. The van der Waals surface area contributed by atoms with Gasteiger partial charge < -0.3 is 9.64 Å². The van der Waals surface area contributed by atoms with Crippen molar-refractivity contribution in [1.29, 1.82) is 0 Å². The highest BCUT2D eigenvalue weighted by Crippen LogP contribution is 2.31. The van der Waals surface area contributed by atoms with Crippen molar-refractivity contribution in [3.63, 3.8) is 0 Å². The van der Waals surface area contributed by atoms with Gasteiger partial charge in [0.05, 0.1) is 19.3 Å². The van der Waals surface area contributed by atoms with Crippen LogP contribution in [0.5, 0.6) is 0 Å². The molecule has 1 aromatic carbocycles. The molecular formula is C20H21N7O. The summed E-state index contributed by atoms with van der Waals surface area (Å²) in [6.07, 6.45) is 3.88. The predicted molar refractivity (Wildman–Crippen MR) is 105 cm³/mol. The summed E-state index contributed by atoms with van der Waals surface area (Å²) in [6, 6.07) is 13.9. The van der Waals surface area contributed by atoms with Crippen LogP contribution in [0.2, 0.25) is 0 Å². The molecule has 28 heavy (non-hydrogen) atoms. The minimum atomic E-state index is -0.432. The number of ether oxygens (including phenoxy) is 1. The van der Waals surface area contributed by atoms with Gasteiger partial charge in [-0.2, -0.15) is 9.61 Å². The van der Waals surface area contributed by atoms with E-state index in [1.807, 2.05) is 66.4 Å². The third kappa shape index (κ3) is 2.82. The molecule has 0 amide bonds. The van der Waals surface area contributed by atoms with Crippen molar-refractivity contribution in [3.05, 3.63) is 60.4 Å². The largest absolute Gasteiger partial charge is 0.367 e. The first-order valence-electron chi connectivity index (χ1n) is 9.28. The molecular weight excluding hydrogens is 354 g/mol. The van der Waals surface area contributed by atoms with Crippen LogP contribution in [0.15, 0.2) is 54.9 Å². The van der Waals surface area contributed by atoms with E-state index in [4.69, 9.17) is 9.84 Å². The molecule has 8 nitrogen and oxygen atoms in total. The van der Waals surface area contributed by atoms with Crippen LogP contribution < -0.4 is 4.90 Å². The van der Waals surface area contributed by atoms with Crippen LogP contribution in [-0.4, -0.2) is 49.3 Å². The van der Waals surface area contributed by atoms with Gasteiger partial charge in [-0.1, -0.05) is 30.3 Å². The van der Waals surface area contributed by atoms with Gasteiger partial charge >= 0.3 is 0 Å². The van der Waals surface area contributed by atoms with E-state index < -0.39 is 5.60 Å². The number of anilines is 1. The second-order valence-electron chi connectivity index (χ2n) is 7.25. The van der Waals surface area contributed by atoms with Crippen LogP contribution in [0.25, 0.3) is 17.0 Å². The second-order valence-corrected chi connectivity index (χ2v) is 7.25. The van der Waals surface area contributed by atoms with Gasteiger partial charge in [0, 0.05) is 30.9 Å². The zero-order valence-corrected chi connectivity index (χ0v) is 15.9. The Labute approximate surface area is 162 Å². The highest BCUT2D eigenvalue weighted by Gasteiger charge is 2.35. The molecule has 1 saturated heterocycles. The fourth-order valence-electron chi connectivity index (χ4n) is 3.65.